The van der Waals surface area contributed by atoms with Gasteiger partial charge >= 0.3 is 0 Å². The summed E-state index contributed by atoms with van der Waals surface area (Å²) in [6.45, 7) is 1.26. The van der Waals surface area contributed by atoms with Crippen LogP contribution in [0, 0.1) is 0 Å². The predicted octanol–water partition coefficient (Wildman–Crippen LogP) is 1.01. The van der Waals surface area contributed by atoms with E-state index in [4.69, 9.17) is 0 Å². The van der Waals surface area contributed by atoms with E-state index < -0.39 is 0 Å². The molecule has 2 aromatic rings. The molecule has 1 aromatic heterocycles. The minimum atomic E-state index is 0.0832. The van der Waals surface area contributed by atoms with Crippen LogP contribution in [0.1, 0.15) is 21.7 Å². The van der Waals surface area contributed by atoms with Crippen molar-refractivity contribution in [1.82, 2.24) is 19.7 Å². The molecule has 0 bridgehead atoms. The molecule has 1 aliphatic rings. The van der Waals surface area contributed by atoms with Crippen molar-refractivity contribution < 1.29 is 4.79 Å². The maximum atomic E-state index is 12.3. The summed E-state index contributed by atoms with van der Waals surface area (Å²) < 4.78 is 1.84. The smallest absolute Gasteiger partial charge is 0.254 e. The van der Waals surface area contributed by atoms with Gasteiger partial charge in [-0.3, -0.25) is 4.79 Å². The van der Waals surface area contributed by atoms with Crippen molar-refractivity contribution in [3.63, 3.8) is 0 Å². The zero-order valence-electron chi connectivity index (χ0n) is 10.2. The lowest BCUT2D eigenvalue weighted by Crippen LogP contribution is -2.37. The Morgan fingerprint density at radius 1 is 1.33 bits per heavy atom. The molecule has 2 heterocycles. The first kappa shape index (κ1) is 11.0. The van der Waals surface area contributed by atoms with Crippen LogP contribution in [0.2, 0.25) is 0 Å². The first-order chi connectivity index (χ1) is 8.75. The summed E-state index contributed by atoms with van der Waals surface area (Å²) in [7, 11) is 1.89. The van der Waals surface area contributed by atoms with Crippen molar-refractivity contribution in [2.45, 2.75) is 13.0 Å². The van der Waals surface area contributed by atoms with E-state index >= 15 is 0 Å². The third kappa shape index (κ3) is 1.77. The van der Waals surface area contributed by atoms with Gasteiger partial charge in [-0.05, 0) is 18.1 Å². The lowest BCUT2D eigenvalue weighted by molar-refractivity contribution is 0.0721. The van der Waals surface area contributed by atoms with Gasteiger partial charge in [0.15, 0.2) is 5.82 Å². The van der Waals surface area contributed by atoms with Gasteiger partial charge in [0.05, 0.1) is 6.54 Å². The normalized spacial score (nSPS) is 14.7. The molecule has 0 aliphatic carbocycles. The molecule has 0 fully saturated rings. The number of fused-ring (bicyclic) bond motifs is 1. The molecule has 1 aromatic carbocycles. The quantitative estimate of drug-likeness (QED) is 0.790. The van der Waals surface area contributed by atoms with Gasteiger partial charge in [-0.15, -0.1) is 10.2 Å². The molecule has 0 radical (unpaired) electrons. The van der Waals surface area contributed by atoms with Gasteiger partial charge < -0.3 is 9.47 Å². The Kier molecular flexibility index (Phi) is 2.59. The fourth-order valence-electron chi connectivity index (χ4n) is 2.25. The van der Waals surface area contributed by atoms with Gasteiger partial charge in [0.2, 0.25) is 0 Å². The average Bonchev–Trinajstić information content (AvgIpc) is 2.79. The number of aryl methyl sites for hydroxylation is 1. The molecule has 5 nitrogen and oxygen atoms in total. The van der Waals surface area contributed by atoms with Crippen LogP contribution in [0.15, 0.2) is 30.6 Å². The lowest BCUT2D eigenvalue weighted by atomic mass is 9.99. The zero-order chi connectivity index (χ0) is 12.5. The summed E-state index contributed by atoms with van der Waals surface area (Å²) in [6, 6.07) is 7.79. The number of aromatic nitrogens is 3. The Balaban J connectivity index is 1.85. The van der Waals surface area contributed by atoms with E-state index in [9.17, 15) is 4.79 Å². The Bertz CT molecular complexity index is 590. The van der Waals surface area contributed by atoms with Crippen molar-refractivity contribution in [2.75, 3.05) is 6.54 Å². The summed E-state index contributed by atoms with van der Waals surface area (Å²) >= 11 is 0. The third-order valence-corrected chi connectivity index (χ3v) is 3.32. The summed E-state index contributed by atoms with van der Waals surface area (Å²) in [5.74, 6) is 0.891. The van der Waals surface area contributed by atoms with Crippen LogP contribution in [0.3, 0.4) is 0 Å². The fraction of sp³-hybridized carbons (Fsp3) is 0.308. The van der Waals surface area contributed by atoms with Crippen LogP contribution in [0.5, 0.6) is 0 Å². The molecule has 1 aliphatic heterocycles. The van der Waals surface area contributed by atoms with Crippen LogP contribution in [0.4, 0.5) is 0 Å². The van der Waals surface area contributed by atoms with Gasteiger partial charge in [0, 0.05) is 19.2 Å². The number of rotatable bonds is 2. The van der Waals surface area contributed by atoms with Gasteiger partial charge in [-0.25, -0.2) is 0 Å². The van der Waals surface area contributed by atoms with Crippen molar-refractivity contribution >= 4 is 5.91 Å². The summed E-state index contributed by atoms with van der Waals surface area (Å²) in [4.78, 5) is 14.1. The topological polar surface area (TPSA) is 51.0 Å². The van der Waals surface area contributed by atoms with Crippen molar-refractivity contribution in [2.24, 2.45) is 7.05 Å². The molecular formula is C13H14N4O. The highest BCUT2D eigenvalue weighted by Gasteiger charge is 2.24. The van der Waals surface area contributed by atoms with Gasteiger partial charge in [0.25, 0.3) is 5.91 Å². The second-order valence-electron chi connectivity index (χ2n) is 4.49. The largest absolute Gasteiger partial charge is 0.331 e. The average molecular weight is 242 g/mol. The number of carbonyl (C=O) groups is 1. The number of carbonyl (C=O) groups excluding carboxylic acids is 1. The van der Waals surface area contributed by atoms with Crippen molar-refractivity contribution in [1.29, 1.82) is 0 Å². The Hall–Kier alpha value is -2.17. The third-order valence-electron chi connectivity index (χ3n) is 3.32. The number of hydrogen-bond donors (Lipinski definition) is 0. The number of nitrogens with zero attached hydrogens (tertiary/aromatic N) is 4. The molecule has 0 atom stereocenters. The molecule has 0 N–H and O–H groups in total. The molecule has 0 unspecified atom stereocenters. The van der Waals surface area contributed by atoms with E-state index in [1.165, 1.54) is 0 Å². The van der Waals surface area contributed by atoms with E-state index in [1.54, 1.807) is 6.33 Å². The van der Waals surface area contributed by atoms with Gasteiger partial charge in [0.1, 0.15) is 6.33 Å². The molecular weight excluding hydrogens is 228 g/mol. The second-order valence-corrected chi connectivity index (χ2v) is 4.49. The van der Waals surface area contributed by atoms with E-state index in [0.29, 0.717) is 6.54 Å². The number of benzene rings is 1. The first-order valence-electron chi connectivity index (χ1n) is 5.96. The molecule has 92 valence electrons. The fourth-order valence-corrected chi connectivity index (χ4v) is 2.25. The minimum absolute atomic E-state index is 0.0832. The van der Waals surface area contributed by atoms with E-state index in [2.05, 4.69) is 10.2 Å². The van der Waals surface area contributed by atoms with Crippen LogP contribution in [-0.2, 0) is 20.0 Å². The molecule has 1 amide bonds. The maximum absolute atomic E-state index is 12.3. The zero-order valence-corrected chi connectivity index (χ0v) is 10.2. The molecule has 3 rings (SSSR count). The van der Waals surface area contributed by atoms with E-state index in [-0.39, 0.29) is 5.91 Å². The highest BCUT2D eigenvalue weighted by atomic mass is 16.2. The standard InChI is InChI=1S/C13H14N4O/c1-16-9-14-15-12(16)8-17-7-6-10-4-2-3-5-11(10)13(17)18/h2-5,9H,6-8H2,1H3. The number of amides is 1. The summed E-state index contributed by atoms with van der Waals surface area (Å²) in [6.07, 6.45) is 2.55. The monoisotopic (exact) mass is 242 g/mol. The van der Waals surface area contributed by atoms with Crippen molar-refractivity contribution in [3.05, 3.63) is 47.5 Å². The first-order valence-corrected chi connectivity index (χ1v) is 5.96. The number of hydrogen-bond acceptors (Lipinski definition) is 3. The molecule has 0 saturated carbocycles. The Labute approximate surface area is 105 Å². The summed E-state index contributed by atoms with van der Waals surface area (Å²) in [5, 5.41) is 7.85. The Morgan fingerprint density at radius 3 is 2.94 bits per heavy atom. The molecule has 0 saturated heterocycles. The SMILES string of the molecule is Cn1cnnc1CN1CCc2ccccc2C1=O. The highest BCUT2D eigenvalue weighted by molar-refractivity contribution is 5.96. The van der Waals surface area contributed by atoms with E-state index in [1.807, 2.05) is 40.8 Å². The van der Waals surface area contributed by atoms with Gasteiger partial charge in [-0.1, -0.05) is 18.2 Å². The van der Waals surface area contributed by atoms with Crippen LogP contribution in [0.25, 0.3) is 0 Å². The van der Waals surface area contributed by atoms with Crippen molar-refractivity contribution in [3.8, 4) is 0 Å². The lowest BCUT2D eigenvalue weighted by Gasteiger charge is -2.27. The molecule has 18 heavy (non-hydrogen) atoms. The predicted molar refractivity (Wildman–Crippen MR) is 65.9 cm³/mol. The molecule has 0 spiro atoms. The minimum Gasteiger partial charge on any atom is -0.331 e. The van der Waals surface area contributed by atoms with Gasteiger partial charge in [-0.2, -0.15) is 0 Å². The van der Waals surface area contributed by atoms with E-state index in [0.717, 1.165) is 29.9 Å². The Morgan fingerprint density at radius 2 is 2.17 bits per heavy atom. The second kappa shape index (κ2) is 4.25. The highest BCUT2D eigenvalue weighted by Crippen LogP contribution is 2.19. The van der Waals surface area contributed by atoms with Crippen LogP contribution >= 0.6 is 0 Å². The van der Waals surface area contributed by atoms with Crippen LogP contribution in [-0.4, -0.2) is 32.1 Å². The van der Waals surface area contributed by atoms with Crippen LogP contribution < -0.4 is 0 Å². The molecule has 5 heteroatoms. The summed E-state index contributed by atoms with van der Waals surface area (Å²) in [5.41, 5.74) is 1.95. The maximum Gasteiger partial charge on any atom is 0.254 e.